The fourth-order valence-corrected chi connectivity index (χ4v) is 9.56. The molecule has 0 N–H and O–H groups in total. The topological polar surface area (TPSA) is 27.7 Å². The molecule has 4 heteroatoms. The minimum atomic E-state index is -2.69. The van der Waals surface area contributed by atoms with Crippen molar-refractivity contribution in [1.82, 2.24) is 0 Å². The van der Waals surface area contributed by atoms with Crippen molar-refractivity contribution in [2.24, 2.45) is 0 Å². The number of benzene rings is 2. The summed E-state index contributed by atoms with van der Waals surface area (Å²) in [4.78, 5) is 0. The first kappa shape index (κ1) is 25.5. The van der Waals surface area contributed by atoms with Crippen molar-refractivity contribution < 1.29 is 13.9 Å². The number of ether oxygens (including phenoxy) is 2. The zero-order valence-corrected chi connectivity index (χ0v) is 21.9. The molecule has 2 aromatic rings. The van der Waals surface area contributed by atoms with E-state index in [0.29, 0.717) is 6.42 Å². The molecule has 33 heavy (non-hydrogen) atoms. The Balaban J connectivity index is 2.08. The molecule has 1 aliphatic heterocycles. The van der Waals surface area contributed by atoms with Gasteiger partial charge in [0.05, 0.1) is 18.3 Å². The van der Waals surface area contributed by atoms with Crippen LogP contribution in [0.15, 0.2) is 73.3 Å². The van der Waals surface area contributed by atoms with Crippen molar-refractivity contribution in [2.75, 3.05) is 0 Å². The summed E-state index contributed by atoms with van der Waals surface area (Å²) in [6, 6.07) is 21.5. The second-order valence-electron chi connectivity index (χ2n) is 10.2. The van der Waals surface area contributed by atoms with Gasteiger partial charge in [0.15, 0.2) is 5.79 Å². The molecule has 1 fully saturated rings. The van der Waals surface area contributed by atoms with E-state index < -0.39 is 14.1 Å². The van der Waals surface area contributed by atoms with Crippen LogP contribution in [0.5, 0.6) is 0 Å². The number of rotatable bonds is 7. The standard InChI is InChI=1S/C29H38O3Si/c1-8-9-12-17-24(22-27-23(2)30-29(6,7)31-27)32-33(28(3,4)5,25-18-13-10-14-19-25)26-20-15-11-16-21-26/h8,10-11,13-16,18-21,23-24,27H,1,17,22H2,2-7H3/t23-,24+,27-/m1/s1. The van der Waals surface area contributed by atoms with Crippen molar-refractivity contribution in [2.45, 2.75) is 83.5 Å². The lowest BCUT2D eigenvalue weighted by Crippen LogP contribution is -2.67. The summed E-state index contributed by atoms with van der Waals surface area (Å²) in [5.41, 5.74) is 0. The van der Waals surface area contributed by atoms with Crippen LogP contribution in [0, 0.1) is 11.8 Å². The van der Waals surface area contributed by atoms with E-state index in [2.05, 4.69) is 107 Å². The van der Waals surface area contributed by atoms with Gasteiger partial charge in [0.1, 0.15) is 0 Å². The van der Waals surface area contributed by atoms with Crippen LogP contribution in [0.2, 0.25) is 5.04 Å². The molecule has 3 rings (SSSR count). The van der Waals surface area contributed by atoms with E-state index in [1.54, 1.807) is 6.08 Å². The minimum absolute atomic E-state index is 0.00221. The fourth-order valence-electron chi connectivity index (χ4n) is 4.87. The second kappa shape index (κ2) is 10.4. The summed E-state index contributed by atoms with van der Waals surface area (Å²) in [5.74, 6) is 5.68. The second-order valence-corrected chi connectivity index (χ2v) is 14.5. The predicted molar refractivity (Wildman–Crippen MR) is 139 cm³/mol. The lowest BCUT2D eigenvalue weighted by molar-refractivity contribution is -0.146. The van der Waals surface area contributed by atoms with E-state index in [4.69, 9.17) is 13.9 Å². The summed E-state index contributed by atoms with van der Waals surface area (Å²) in [6.45, 7) is 16.7. The fraction of sp³-hybridized carbons (Fsp3) is 0.448. The van der Waals surface area contributed by atoms with E-state index in [1.165, 1.54) is 10.4 Å². The third kappa shape index (κ3) is 5.86. The largest absolute Gasteiger partial charge is 0.403 e. The zero-order valence-electron chi connectivity index (χ0n) is 20.9. The normalized spacial score (nSPS) is 21.2. The molecule has 1 aliphatic rings. The van der Waals surface area contributed by atoms with Crippen molar-refractivity contribution >= 4 is 18.7 Å². The minimum Gasteiger partial charge on any atom is -0.403 e. The summed E-state index contributed by atoms with van der Waals surface area (Å²) in [5, 5.41) is 2.43. The average Bonchev–Trinajstić information content (AvgIpc) is 3.03. The molecule has 2 aromatic carbocycles. The van der Waals surface area contributed by atoms with Gasteiger partial charge >= 0.3 is 0 Å². The van der Waals surface area contributed by atoms with Gasteiger partial charge in [0.2, 0.25) is 0 Å². The highest BCUT2D eigenvalue weighted by molar-refractivity contribution is 6.99. The lowest BCUT2D eigenvalue weighted by Gasteiger charge is -2.45. The van der Waals surface area contributed by atoms with Gasteiger partial charge in [0.25, 0.3) is 8.32 Å². The third-order valence-electron chi connectivity index (χ3n) is 6.22. The highest BCUT2D eigenvalue weighted by atomic mass is 28.4. The van der Waals surface area contributed by atoms with Crippen LogP contribution in [0.4, 0.5) is 0 Å². The molecule has 0 unspecified atom stereocenters. The van der Waals surface area contributed by atoms with Gasteiger partial charge in [-0.15, -0.1) is 0 Å². The van der Waals surface area contributed by atoms with Crippen molar-refractivity contribution in [3.63, 3.8) is 0 Å². The molecule has 0 spiro atoms. The van der Waals surface area contributed by atoms with Gasteiger partial charge in [-0.25, -0.2) is 0 Å². The number of hydrogen-bond donors (Lipinski definition) is 0. The molecule has 0 radical (unpaired) electrons. The Morgan fingerprint density at radius 2 is 1.58 bits per heavy atom. The first-order chi connectivity index (χ1) is 15.6. The van der Waals surface area contributed by atoms with Crippen molar-refractivity contribution in [1.29, 1.82) is 0 Å². The molecule has 0 amide bonds. The molecule has 0 saturated carbocycles. The molecule has 3 atom stereocenters. The quantitative estimate of drug-likeness (QED) is 0.405. The molecule has 0 aliphatic carbocycles. The van der Waals surface area contributed by atoms with Crippen LogP contribution in [-0.4, -0.2) is 32.4 Å². The third-order valence-corrected chi connectivity index (χ3v) is 11.3. The SMILES string of the molecule is C=CC#CC[C@@H](C[C@H]1OC(C)(C)O[C@@H]1C)O[Si](c1ccccc1)(c1ccccc1)C(C)(C)C. The van der Waals surface area contributed by atoms with Gasteiger partial charge in [-0.1, -0.05) is 99.9 Å². The number of hydrogen-bond acceptors (Lipinski definition) is 3. The predicted octanol–water partition coefficient (Wildman–Crippen LogP) is 5.44. The maximum absolute atomic E-state index is 7.37. The lowest BCUT2D eigenvalue weighted by atomic mass is 10.1. The van der Waals surface area contributed by atoms with E-state index in [-0.39, 0.29) is 23.4 Å². The van der Waals surface area contributed by atoms with E-state index in [1.807, 2.05) is 13.8 Å². The Bertz CT molecular complexity index is 927. The summed E-state index contributed by atoms with van der Waals surface area (Å²) in [6.07, 6.45) is 2.82. The smallest absolute Gasteiger partial charge is 0.261 e. The van der Waals surface area contributed by atoms with Crippen LogP contribution in [0.25, 0.3) is 0 Å². The van der Waals surface area contributed by atoms with E-state index in [0.717, 1.165) is 6.42 Å². The highest BCUT2D eigenvalue weighted by Crippen LogP contribution is 2.39. The number of allylic oxidation sites excluding steroid dienone is 1. The zero-order chi connectivity index (χ0) is 24.1. The molecule has 3 nitrogen and oxygen atoms in total. The summed E-state index contributed by atoms with van der Waals surface area (Å²) in [7, 11) is -2.69. The summed E-state index contributed by atoms with van der Waals surface area (Å²) >= 11 is 0. The van der Waals surface area contributed by atoms with Crippen LogP contribution >= 0.6 is 0 Å². The first-order valence-electron chi connectivity index (χ1n) is 11.8. The Hall–Kier alpha value is -2.16. The molecular weight excluding hydrogens is 424 g/mol. The van der Waals surface area contributed by atoms with Gasteiger partial charge < -0.3 is 13.9 Å². The Morgan fingerprint density at radius 3 is 2.00 bits per heavy atom. The van der Waals surface area contributed by atoms with E-state index >= 15 is 0 Å². The molecule has 176 valence electrons. The van der Waals surface area contributed by atoms with Gasteiger partial charge in [-0.05, 0) is 42.3 Å². The molecule has 0 aromatic heterocycles. The maximum atomic E-state index is 7.37. The van der Waals surface area contributed by atoms with Gasteiger partial charge in [-0.2, -0.15) is 0 Å². The van der Waals surface area contributed by atoms with E-state index in [9.17, 15) is 0 Å². The van der Waals surface area contributed by atoms with Gasteiger partial charge in [-0.3, -0.25) is 0 Å². The maximum Gasteiger partial charge on any atom is 0.261 e. The molecule has 1 heterocycles. The van der Waals surface area contributed by atoms with Crippen LogP contribution in [0.3, 0.4) is 0 Å². The molecular formula is C29H38O3Si. The first-order valence-corrected chi connectivity index (χ1v) is 13.7. The highest BCUT2D eigenvalue weighted by Gasteiger charge is 2.52. The summed E-state index contributed by atoms with van der Waals surface area (Å²) < 4.78 is 19.7. The monoisotopic (exact) mass is 462 g/mol. The van der Waals surface area contributed by atoms with Crippen molar-refractivity contribution in [3.05, 3.63) is 73.3 Å². The molecule has 0 bridgehead atoms. The molecule has 1 saturated heterocycles. The Morgan fingerprint density at radius 1 is 1.03 bits per heavy atom. The van der Waals surface area contributed by atoms with Crippen molar-refractivity contribution in [3.8, 4) is 11.8 Å². The van der Waals surface area contributed by atoms with Gasteiger partial charge in [0, 0.05) is 12.8 Å². The average molecular weight is 463 g/mol. The Labute approximate surface area is 201 Å². The van der Waals surface area contributed by atoms with Crippen LogP contribution < -0.4 is 10.4 Å². The Kier molecular flexibility index (Phi) is 8.03. The van der Waals surface area contributed by atoms with Crippen LogP contribution in [0.1, 0.15) is 54.4 Å². The van der Waals surface area contributed by atoms with Crippen LogP contribution in [-0.2, 0) is 13.9 Å².